The number of aromatic nitrogens is 1. The zero-order valence-corrected chi connectivity index (χ0v) is 11.6. The lowest BCUT2D eigenvalue weighted by Crippen LogP contribution is -2.29. The van der Waals surface area contributed by atoms with Crippen molar-refractivity contribution in [1.82, 2.24) is 10.3 Å². The monoisotopic (exact) mass is 245 g/mol. The first kappa shape index (κ1) is 13.1. The molecule has 1 N–H and O–H groups in total. The van der Waals surface area contributed by atoms with Crippen LogP contribution in [0.1, 0.15) is 38.9 Å². The first-order valence-corrected chi connectivity index (χ1v) is 6.80. The van der Waals surface area contributed by atoms with Crippen LogP contribution in [0, 0.1) is 0 Å². The van der Waals surface area contributed by atoms with E-state index in [-0.39, 0.29) is 0 Å². The van der Waals surface area contributed by atoms with Gasteiger partial charge < -0.3 is 10.2 Å². The Morgan fingerprint density at radius 1 is 1.44 bits per heavy atom. The Labute approximate surface area is 110 Å². The molecule has 0 fully saturated rings. The molecular formula is C15H23N3. The van der Waals surface area contributed by atoms with Gasteiger partial charge in [-0.15, -0.1) is 0 Å². The maximum Gasteiger partial charge on any atom is 0.0572 e. The first-order valence-electron chi connectivity index (χ1n) is 6.80. The molecule has 0 spiro atoms. The van der Waals surface area contributed by atoms with Gasteiger partial charge in [-0.05, 0) is 38.9 Å². The van der Waals surface area contributed by atoms with Gasteiger partial charge in [0.2, 0.25) is 0 Å². The molecule has 0 amide bonds. The van der Waals surface area contributed by atoms with Crippen molar-refractivity contribution in [3.8, 4) is 0 Å². The highest BCUT2D eigenvalue weighted by atomic mass is 15.1. The average molecular weight is 245 g/mol. The van der Waals surface area contributed by atoms with Crippen LogP contribution < -0.4 is 10.2 Å². The third kappa shape index (κ3) is 3.10. The quantitative estimate of drug-likeness (QED) is 0.827. The summed E-state index contributed by atoms with van der Waals surface area (Å²) in [4.78, 5) is 6.97. The van der Waals surface area contributed by atoms with Gasteiger partial charge in [-0.3, -0.25) is 4.98 Å². The van der Waals surface area contributed by atoms with Crippen LogP contribution in [0.15, 0.2) is 30.0 Å². The Kier molecular flexibility index (Phi) is 4.37. The highest BCUT2D eigenvalue weighted by molar-refractivity contribution is 5.47. The number of hydrogen-bond acceptors (Lipinski definition) is 3. The largest absolute Gasteiger partial charge is 0.366 e. The average Bonchev–Trinajstić information content (AvgIpc) is 2.39. The van der Waals surface area contributed by atoms with E-state index in [1.54, 1.807) is 0 Å². The molecule has 0 aromatic carbocycles. The Morgan fingerprint density at radius 2 is 2.28 bits per heavy atom. The number of anilines is 1. The van der Waals surface area contributed by atoms with E-state index in [4.69, 9.17) is 0 Å². The van der Waals surface area contributed by atoms with Crippen LogP contribution in [-0.2, 0) is 0 Å². The summed E-state index contributed by atoms with van der Waals surface area (Å²) in [5.41, 5.74) is 3.80. The normalized spacial score (nSPS) is 17.5. The first-order chi connectivity index (χ1) is 8.70. The summed E-state index contributed by atoms with van der Waals surface area (Å²) in [6, 6.07) is 4.65. The number of nitrogens with zero attached hydrogens (tertiary/aromatic N) is 2. The molecule has 0 saturated heterocycles. The summed E-state index contributed by atoms with van der Waals surface area (Å²) < 4.78 is 0. The van der Waals surface area contributed by atoms with Gasteiger partial charge in [-0.2, -0.15) is 0 Å². The summed E-state index contributed by atoms with van der Waals surface area (Å²) in [7, 11) is 0. The number of rotatable bonds is 4. The lowest BCUT2D eigenvalue weighted by atomic mass is 10.1. The molecule has 1 aliphatic rings. The van der Waals surface area contributed by atoms with Crippen molar-refractivity contribution in [3.05, 3.63) is 35.7 Å². The predicted octanol–water partition coefficient (Wildman–Crippen LogP) is 2.91. The van der Waals surface area contributed by atoms with Crippen LogP contribution in [0.4, 0.5) is 5.69 Å². The second-order valence-electron chi connectivity index (χ2n) is 4.98. The second-order valence-corrected chi connectivity index (χ2v) is 4.98. The SMILES string of the molecule is CCNC(C)c1ccc(N2CCC=C(C)C2)cn1. The predicted molar refractivity (Wildman–Crippen MR) is 76.9 cm³/mol. The van der Waals surface area contributed by atoms with Crippen molar-refractivity contribution >= 4 is 5.69 Å². The van der Waals surface area contributed by atoms with E-state index in [1.807, 2.05) is 6.20 Å². The van der Waals surface area contributed by atoms with Crippen LogP contribution >= 0.6 is 0 Å². The molecular weight excluding hydrogens is 222 g/mol. The van der Waals surface area contributed by atoms with Crippen molar-refractivity contribution in [2.75, 3.05) is 24.5 Å². The molecule has 1 atom stereocenters. The molecule has 0 aliphatic carbocycles. The summed E-state index contributed by atoms with van der Waals surface area (Å²) in [6.45, 7) is 9.57. The van der Waals surface area contributed by atoms with E-state index in [9.17, 15) is 0 Å². The number of nitrogens with one attached hydrogen (secondary N) is 1. The molecule has 2 rings (SSSR count). The van der Waals surface area contributed by atoms with E-state index in [0.717, 1.165) is 31.7 Å². The van der Waals surface area contributed by atoms with E-state index < -0.39 is 0 Å². The molecule has 0 radical (unpaired) electrons. The van der Waals surface area contributed by atoms with Crippen molar-refractivity contribution in [2.24, 2.45) is 0 Å². The Hall–Kier alpha value is -1.35. The summed E-state index contributed by atoms with van der Waals surface area (Å²) in [5, 5.41) is 3.38. The van der Waals surface area contributed by atoms with Crippen LogP contribution in [0.5, 0.6) is 0 Å². The molecule has 1 aliphatic heterocycles. The maximum absolute atomic E-state index is 4.57. The molecule has 1 aromatic heterocycles. The fourth-order valence-electron chi connectivity index (χ4n) is 2.38. The maximum atomic E-state index is 4.57. The molecule has 3 heteroatoms. The van der Waals surface area contributed by atoms with Gasteiger partial charge >= 0.3 is 0 Å². The molecule has 18 heavy (non-hydrogen) atoms. The fourth-order valence-corrected chi connectivity index (χ4v) is 2.38. The Balaban J connectivity index is 2.05. The van der Waals surface area contributed by atoms with E-state index >= 15 is 0 Å². The molecule has 1 aromatic rings. The zero-order chi connectivity index (χ0) is 13.0. The van der Waals surface area contributed by atoms with Gasteiger partial charge in [0.15, 0.2) is 0 Å². The molecule has 0 bridgehead atoms. The third-order valence-corrected chi connectivity index (χ3v) is 3.42. The van der Waals surface area contributed by atoms with Crippen molar-refractivity contribution in [3.63, 3.8) is 0 Å². The zero-order valence-electron chi connectivity index (χ0n) is 11.6. The third-order valence-electron chi connectivity index (χ3n) is 3.42. The van der Waals surface area contributed by atoms with E-state index in [2.05, 4.69) is 54.2 Å². The Morgan fingerprint density at radius 3 is 2.89 bits per heavy atom. The highest BCUT2D eigenvalue weighted by Gasteiger charge is 2.12. The fraction of sp³-hybridized carbons (Fsp3) is 0.533. The van der Waals surface area contributed by atoms with Gasteiger partial charge in [-0.1, -0.05) is 18.6 Å². The van der Waals surface area contributed by atoms with Crippen LogP contribution in [0.25, 0.3) is 0 Å². The van der Waals surface area contributed by atoms with Crippen molar-refractivity contribution < 1.29 is 0 Å². The van der Waals surface area contributed by atoms with Crippen LogP contribution in [0.3, 0.4) is 0 Å². The Bertz CT molecular complexity index is 408. The smallest absolute Gasteiger partial charge is 0.0572 e. The minimum Gasteiger partial charge on any atom is -0.366 e. The number of hydrogen-bond donors (Lipinski definition) is 1. The van der Waals surface area contributed by atoms with Crippen LogP contribution in [-0.4, -0.2) is 24.6 Å². The van der Waals surface area contributed by atoms with Crippen molar-refractivity contribution in [2.45, 2.75) is 33.2 Å². The van der Waals surface area contributed by atoms with Gasteiger partial charge in [0.25, 0.3) is 0 Å². The topological polar surface area (TPSA) is 28.2 Å². The minimum atomic E-state index is 0.326. The molecule has 2 heterocycles. The van der Waals surface area contributed by atoms with Crippen LogP contribution in [0.2, 0.25) is 0 Å². The van der Waals surface area contributed by atoms with Gasteiger partial charge in [0.05, 0.1) is 17.6 Å². The summed E-state index contributed by atoms with van der Waals surface area (Å²) >= 11 is 0. The summed E-state index contributed by atoms with van der Waals surface area (Å²) in [6.07, 6.45) is 5.47. The molecule has 3 nitrogen and oxygen atoms in total. The minimum absolute atomic E-state index is 0.326. The lowest BCUT2D eigenvalue weighted by Gasteiger charge is -2.28. The van der Waals surface area contributed by atoms with Gasteiger partial charge in [0.1, 0.15) is 0 Å². The van der Waals surface area contributed by atoms with Crippen molar-refractivity contribution in [1.29, 1.82) is 0 Å². The number of pyridine rings is 1. The molecule has 0 saturated carbocycles. The standard InChI is InChI=1S/C15H23N3/c1-4-16-13(3)15-8-7-14(10-17-15)18-9-5-6-12(2)11-18/h6-8,10,13,16H,4-5,9,11H2,1-3H3. The summed E-state index contributed by atoms with van der Waals surface area (Å²) in [5.74, 6) is 0. The highest BCUT2D eigenvalue weighted by Crippen LogP contribution is 2.20. The molecule has 98 valence electrons. The van der Waals surface area contributed by atoms with Gasteiger partial charge in [-0.25, -0.2) is 0 Å². The van der Waals surface area contributed by atoms with E-state index in [1.165, 1.54) is 11.3 Å². The molecule has 1 unspecified atom stereocenters. The second kappa shape index (κ2) is 6.01. The van der Waals surface area contributed by atoms with Gasteiger partial charge in [0, 0.05) is 19.1 Å². The lowest BCUT2D eigenvalue weighted by molar-refractivity contribution is 0.583. The van der Waals surface area contributed by atoms with E-state index in [0.29, 0.717) is 6.04 Å².